The third-order valence-corrected chi connectivity index (χ3v) is 2.70. The van der Waals surface area contributed by atoms with Crippen LogP contribution in [0.15, 0.2) is 42.6 Å². The lowest BCUT2D eigenvalue weighted by molar-refractivity contribution is 0.0995. The molecule has 0 atom stereocenters. The van der Waals surface area contributed by atoms with Gasteiger partial charge in [0.15, 0.2) is 0 Å². The Morgan fingerprint density at radius 1 is 1.21 bits per heavy atom. The Bertz CT molecular complexity index is 584. The van der Waals surface area contributed by atoms with Crippen molar-refractivity contribution in [2.45, 2.75) is 6.42 Å². The highest BCUT2D eigenvalue weighted by Crippen LogP contribution is 2.15. The van der Waals surface area contributed by atoms with Gasteiger partial charge in [0, 0.05) is 18.3 Å². The van der Waals surface area contributed by atoms with Crippen molar-refractivity contribution in [2.75, 3.05) is 12.3 Å². The van der Waals surface area contributed by atoms with Crippen LogP contribution in [-0.4, -0.2) is 17.5 Å². The van der Waals surface area contributed by atoms with E-state index < -0.39 is 5.91 Å². The molecule has 0 fully saturated rings. The third-order valence-electron chi connectivity index (χ3n) is 2.70. The van der Waals surface area contributed by atoms with Crippen LogP contribution in [0, 0.1) is 0 Å². The summed E-state index contributed by atoms with van der Waals surface area (Å²) in [6.45, 7) is 0.380. The lowest BCUT2D eigenvalue weighted by Crippen LogP contribution is -2.14. The molecule has 0 saturated carbocycles. The number of hydrogen-bond donors (Lipinski definition) is 2. The molecule has 0 aliphatic carbocycles. The monoisotopic (exact) mass is 257 g/mol. The summed E-state index contributed by atoms with van der Waals surface area (Å²) < 4.78 is 5.49. The van der Waals surface area contributed by atoms with E-state index in [1.807, 2.05) is 24.3 Å². The van der Waals surface area contributed by atoms with Crippen LogP contribution in [0.1, 0.15) is 15.9 Å². The number of nitrogen functional groups attached to an aromatic ring is 1. The van der Waals surface area contributed by atoms with E-state index in [1.165, 1.54) is 0 Å². The Morgan fingerprint density at radius 3 is 2.74 bits per heavy atom. The molecule has 0 aliphatic rings. The second-order valence-electron chi connectivity index (χ2n) is 4.02. The Morgan fingerprint density at radius 2 is 2.00 bits per heavy atom. The van der Waals surface area contributed by atoms with Crippen molar-refractivity contribution in [1.82, 2.24) is 4.98 Å². The average molecular weight is 257 g/mol. The highest BCUT2D eigenvalue weighted by molar-refractivity contribution is 5.94. The summed E-state index contributed by atoms with van der Waals surface area (Å²) in [5.41, 5.74) is 13.1. The number of nitrogens with zero attached hydrogens (tertiary/aromatic N) is 1. The summed E-state index contributed by atoms with van der Waals surface area (Å²) in [7, 11) is 0. The Hall–Kier alpha value is -2.56. The van der Waals surface area contributed by atoms with E-state index in [0.29, 0.717) is 13.0 Å². The Labute approximate surface area is 111 Å². The molecule has 5 heteroatoms. The number of carbonyl (C=O) groups is 1. The van der Waals surface area contributed by atoms with Gasteiger partial charge in [0.05, 0.1) is 6.61 Å². The maximum Gasteiger partial charge on any atom is 0.254 e. The van der Waals surface area contributed by atoms with Crippen molar-refractivity contribution < 1.29 is 9.53 Å². The zero-order chi connectivity index (χ0) is 13.7. The number of para-hydroxylation sites is 1. The second kappa shape index (κ2) is 5.86. The number of amides is 1. The maximum atomic E-state index is 11.2. The van der Waals surface area contributed by atoms with Crippen LogP contribution in [0.5, 0.6) is 5.88 Å². The largest absolute Gasteiger partial charge is 0.477 e. The average Bonchev–Trinajstić information content (AvgIpc) is 2.41. The fourth-order valence-corrected chi connectivity index (χ4v) is 1.71. The zero-order valence-electron chi connectivity index (χ0n) is 10.4. The minimum absolute atomic E-state index is 0.254. The van der Waals surface area contributed by atoms with Crippen LogP contribution in [0.25, 0.3) is 0 Å². The predicted molar refractivity (Wildman–Crippen MR) is 72.8 cm³/mol. The van der Waals surface area contributed by atoms with Gasteiger partial charge in [-0.3, -0.25) is 4.79 Å². The molecule has 1 amide bonds. The van der Waals surface area contributed by atoms with Gasteiger partial charge >= 0.3 is 0 Å². The van der Waals surface area contributed by atoms with Gasteiger partial charge in [-0.25, -0.2) is 4.98 Å². The Kier molecular flexibility index (Phi) is 3.97. The smallest absolute Gasteiger partial charge is 0.254 e. The number of aromatic nitrogens is 1. The van der Waals surface area contributed by atoms with E-state index in [2.05, 4.69) is 4.98 Å². The summed E-state index contributed by atoms with van der Waals surface area (Å²) >= 11 is 0. The molecule has 2 rings (SSSR count). The lowest BCUT2D eigenvalue weighted by atomic mass is 10.1. The summed E-state index contributed by atoms with van der Waals surface area (Å²) in [4.78, 5) is 15.2. The highest BCUT2D eigenvalue weighted by Gasteiger charge is 2.09. The number of ether oxygens (including phenoxy) is 1. The molecule has 2 aromatic rings. The zero-order valence-corrected chi connectivity index (χ0v) is 10.4. The van der Waals surface area contributed by atoms with E-state index in [1.54, 1.807) is 18.3 Å². The van der Waals surface area contributed by atoms with E-state index in [-0.39, 0.29) is 11.4 Å². The molecule has 98 valence electrons. The van der Waals surface area contributed by atoms with Gasteiger partial charge in [-0.1, -0.05) is 18.2 Å². The van der Waals surface area contributed by atoms with Crippen molar-refractivity contribution in [2.24, 2.45) is 5.73 Å². The van der Waals surface area contributed by atoms with Gasteiger partial charge in [0.25, 0.3) is 5.91 Å². The summed E-state index contributed by atoms with van der Waals surface area (Å²) in [6.07, 6.45) is 2.19. The van der Waals surface area contributed by atoms with Crippen molar-refractivity contribution in [3.8, 4) is 5.88 Å². The molecule has 1 aromatic heterocycles. The molecular formula is C14H15N3O2. The van der Waals surface area contributed by atoms with Crippen LogP contribution in [0.3, 0.4) is 0 Å². The highest BCUT2D eigenvalue weighted by atomic mass is 16.5. The molecule has 0 aliphatic heterocycles. The van der Waals surface area contributed by atoms with Gasteiger partial charge in [-0.05, 0) is 23.8 Å². The van der Waals surface area contributed by atoms with Gasteiger partial charge in [0.2, 0.25) is 5.88 Å². The minimum Gasteiger partial charge on any atom is -0.477 e. The summed E-state index contributed by atoms with van der Waals surface area (Å²) in [6, 6.07) is 10.8. The predicted octanol–water partition coefficient (Wildman–Crippen LogP) is 1.38. The maximum absolute atomic E-state index is 11.2. The van der Waals surface area contributed by atoms with Gasteiger partial charge in [-0.15, -0.1) is 0 Å². The first kappa shape index (κ1) is 12.9. The number of primary amides is 1. The fourth-order valence-electron chi connectivity index (χ4n) is 1.71. The lowest BCUT2D eigenvalue weighted by Gasteiger charge is -2.09. The first-order valence-corrected chi connectivity index (χ1v) is 5.89. The SMILES string of the molecule is NC(=O)c1cccnc1OCCc1ccccc1N. The van der Waals surface area contributed by atoms with Crippen molar-refractivity contribution in [3.63, 3.8) is 0 Å². The molecule has 0 saturated heterocycles. The van der Waals surface area contributed by atoms with Crippen molar-refractivity contribution >= 4 is 11.6 Å². The number of carbonyl (C=O) groups excluding carboxylic acids is 1. The first-order valence-electron chi connectivity index (χ1n) is 5.89. The molecule has 0 radical (unpaired) electrons. The van der Waals surface area contributed by atoms with Crippen LogP contribution < -0.4 is 16.2 Å². The van der Waals surface area contributed by atoms with Gasteiger partial charge in [-0.2, -0.15) is 0 Å². The van der Waals surface area contributed by atoms with E-state index in [4.69, 9.17) is 16.2 Å². The molecule has 19 heavy (non-hydrogen) atoms. The summed E-state index contributed by atoms with van der Waals surface area (Å²) in [5, 5.41) is 0. The van der Waals surface area contributed by atoms with Crippen LogP contribution >= 0.6 is 0 Å². The number of anilines is 1. The normalized spacial score (nSPS) is 10.1. The molecule has 0 bridgehead atoms. The topological polar surface area (TPSA) is 91.2 Å². The second-order valence-corrected chi connectivity index (χ2v) is 4.02. The quantitative estimate of drug-likeness (QED) is 0.792. The van der Waals surface area contributed by atoms with E-state index >= 15 is 0 Å². The molecule has 0 unspecified atom stereocenters. The van der Waals surface area contributed by atoms with E-state index in [0.717, 1.165) is 11.3 Å². The molecule has 0 spiro atoms. The Balaban J connectivity index is 2.00. The molecule has 5 nitrogen and oxygen atoms in total. The van der Waals surface area contributed by atoms with Crippen molar-refractivity contribution in [1.29, 1.82) is 0 Å². The molecule has 1 heterocycles. The van der Waals surface area contributed by atoms with Crippen LogP contribution in [0.4, 0.5) is 5.69 Å². The van der Waals surface area contributed by atoms with Crippen LogP contribution in [0.2, 0.25) is 0 Å². The molecule has 4 N–H and O–H groups in total. The van der Waals surface area contributed by atoms with Gasteiger partial charge < -0.3 is 16.2 Å². The number of rotatable bonds is 5. The third kappa shape index (κ3) is 3.22. The van der Waals surface area contributed by atoms with E-state index in [9.17, 15) is 4.79 Å². The number of benzene rings is 1. The number of nitrogens with two attached hydrogens (primary N) is 2. The minimum atomic E-state index is -0.553. The molecular weight excluding hydrogens is 242 g/mol. The standard InChI is InChI=1S/C14H15N3O2/c15-12-6-2-1-4-10(12)7-9-19-14-11(13(16)18)5-3-8-17-14/h1-6,8H,7,9,15H2,(H2,16,18). The van der Waals surface area contributed by atoms with Gasteiger partial charge in [0.1, 0.15) is 5.56 Å². The van der Waals surface area contributed by atoms with Crippen LogP contribution in [-0.2, 0) is 6.42 Å². The number of pyridine rings is 1. The first-order chi connectivity index (χ1) is 9.18. The number of hydrogen-bond acceptors (Lipinski definition) is 4. The van der Waals surface area contributed by atoms with Crippen molar-refractivity contribution in [3.05, 3.63) is 53.7 Å². The fraction of sp³-hybridized carbons (Fsp3) is 0.143. The summed E-state index contributed by atoms with van der Waals surface area (Å²) in [5.74, 6) is -0.299. The molecule has 1 aromatic carbocycles.